The average molecular weight is 681 g/mol. The molecule has 3 aromatic rings. The van der Waals surface area contributed by atoms with Crippen molar-refractivity contribution in [2.24, 2.45) is 0 Å². The number of thiophene rings is 1. The molecule has 2 aromatic carbocycles. The molecule has 0 aliphatic heterocycles. The van der Waals surface area contributed by atoms with E-state index in [2.05, 4.69) is 58.9 Å². The van der Waals surface area contributed by atoms with Crippen molar-refractivity contribution >= 4 is 11.3 Å². The van der Waals surface area contributed by atoms with Crippen LogP contribution in [-0.2, 0) is 31.0 Å². The van der Waals surface area contributed by atoms with Crippen LogP contribution in [0.5, 0.6) is 0 Å². The Labute approximate surface area is 292 Å². The van der Waals surface area contributed by atoms with E-state index in [-0.39, 0.29) is 11.9 Å². The quantitative estimate of drug-likeness (QED) is 0.0897. The molecule has 4 rings (SSSR count). The fraction of sp³-hybridized carbons (Fsp3) is 0.561. The van der Waals surface area contributed by atoms with Crippen LogP contribution in [0.2, 0.25) is 0 Å². The molecule has 0 saturated heterocycles. The van der Waals surface area contributed by atoms with Crippen LogP contribution in [0.1, 0.15) is 101 Å². The minimum atomic E-state index is -1.45. The molecule has 0 radical (unpaired) electrons. The van der Waals surface area contributed by atoms with Crippen LogP contribution in [0.4, 0.5) is 4.39 Å². The number of halogens is 1. The number of unbranched alkanes of at least 4 members (excludes halogenated alkanes) is 4. The van der Waals surface area contributed by atoms with Crippen molar-refractivity contribution < 1.29 is 28.4 Å². The summed E-state index contributed by atoms with van der Waals surface area (Å²) in [6, 6.07) is 17.2. The molecule has 1 N–H and O–H groups in total. The fourth-order valence-corrected chi connectivity index (χ4v) is 7.12. The summed E-state index contributed by atoms with van der Waals surface area (Å²) in [4.78, 5) is 2.30. The van der Waals surface area contributed by atoms with E-state index in [1.807, 2.05) is 24.3 Å². The zero-order valence-electron chi connectivity index (χ0n) is 29.8. The SMILES string of the molecule is CCCCOCC1=C[C@@](O)(c2ccc(C)c(Cc3ccc(-c4ccc(F)cc4)s3)c2)[C@H](OCCCC)[C@@H](OCCCC)[C@@H]1OCCCC. The van der Waals surface area contributed by atoms with Crippen LogP contribution in [0.25, 0.3) is 10.4 Å². The van der Waals surface area contributed by atoms with Gasteiger partial charge in [-0.3, -0.25) is 0 Å². The zero-order chi connectivity index (χ0) is 34.4. The molecular formula is C41H57FO5S. The van der Waals surface area contributed by atoms with E-state index in [0.29, 0.717) is 33.0 Å². The maximum absolute atomic E-state index is 13.5. The Morgan fingerprint density at radius 3 is 2.10 bits per heavy atom. The van der Waals surface area contributed by atoms with E-state index in [1.54, 1.807) is 11.3 Å². The lowest BCUT2D eigenvalue weighted by Gasteiger charge is -2.46. The van der Waals surface area contributed by atoms with Crippen molar-refractivity contribution in [1.82, 2.24) is 0 Å². The molecule has 0 amide bonds. The van der Waals surface area contributed by atoms with E-state index in [4.69, 9.17) is 18.9 Å². The summed E-state index contributed by atoms with van der Waals surface area (Å²) in [7, 11) is 0. The van der Waals surface area contributed by atoms with Gasteiger partial charge in [-0.15, -0.1) is 11.3 Å². The van der Waals surface area contributed by atoms with Crippen LogP contribution in [0.15, 0.2) is 66.2 Å². The number of hydrogen-bond acceptors (Lipinski definition) is 6. The largest absolute Gasteiger partial charge is 0.378 e. The molecule has 7 heteroatoms. The van der Waals surface area contributed by atoms with Gasteiger partial charge in [0, 0.05) is 42.6 Å². The predicted molar refractivity (Wildman–Crippen MR) is 195 cm³/mol. The van der Waals surface area contributed by atoms with Gasteiger partial charge in [-0.05, 0) is 90.8 Å². The Morgan fingerprint density at radius 1 is 0.771 bits per heavy atom. The molecule has 5 nitrogen and oxygen atoms in total. The van der Waals surface area contributed by atoms with E-state index in [9.17, 15) is 9.50 Å². The summed E-state index contributed by atoms with van der Waals surface area (Å²) in [6.07, 6.45) is 8.96. The lowest BCUT2D eigenvalue weighted by atomic mass is 9.75. The van der Waals surface area contributed by atoms with Crippen molar-refractivity contribution in [2.75, 3.05) is 33.0 Å². The Hall–Kier alpha value is -2.39. The number of rotatable bonds is 21. The number of aryl methyl sites for hydroxylation is 1. The molecule has 48 heavy (non-hydrogen) atoms. The van der Waals surface area contributed by atoms with Crippen LogP contribution in [0.3, 0.4) is 0 Å². The van der Waals surface area contributed by atoms with Gasteiger partial charge >= 0.3 is 0 Å². The van der Waals surface area contributed by atoms with Crippen molar-refractivity contribution in [3.8, 4) is 10.4 Å². The third-order valence-corrected chi connectivity index (χ3v) is 10.2. The Balaban J connectivity index is 1.74. The minimum Gasteiger partial charge on any atom is -0.378 e. The van der Waals surface area contributed by atoms with E-state index in [1.165, 1.54) is 17.0 Å². The van der Waals surface area contributed by atoms with Gasteiger partial charge in [-0.2, -0.15) is 0 Å². The van der Waals surface area contributed by atoms with E-state index >= 15 is 0 Å². The first-order valence-electron chi connectivity index (χ1n) is 18.2. The first kappa shape index (κ1) is 38.4. The second-order valence-electron chi connectivity index (χ2n) is 13.0. The second-order valence-corrected chi connectivity index (χ2v) is 14.2. The van der Waals surface area contributed by atoms with Gasteiger partial charge in [-0.1, -0.05) is 83.7 Å². The Bertz CT molecular complexity index is 1400. The maximum Gasteiger partial charge on any atom is 0.137 e. The second kappa shape index (κ2) is 19.7. The molecule has 1 aliphatic rings. The molecule has 1 heterocycles. The number of benzene rings is 2. The van der Waals surface area contributed by atoms with Gasteiger partial charge in [0.1, 0.15) is 29.7 Å². The molecule has 1 aromatic heterocycles. The highest BCUT2D eigenvalue weighted by molar-refractivity contribution is 7.15. The standard InChI is InChI=1S/C41H57FO5S/c1-6-10-22-44-29-33-28-41(43,40(47-25-13-9-4)39(46-24-12-8-3)38(33)45-23-11-7-2)34-17-14-30(5)32(26-34)27-36-20-21-37(48-36)31-15-18-35(42)19-16-31/h14-21,26,28,38-40,43H,6-13,22-25,27,29H2,1-5H3/t38-,39+,40-,41-/m1/s1. The van der Waals surface area contributed by atoms with Gasteiger partial charge < -0.3 is 24.1 Å². The highest BCUT2D eigenvalue weighted by Crippen LogP contribution is 2.42. The molecule has 1 aliphatic carbocycles. The summed E-state index contributed by atoms with van der Waals surface area (Å²) >= 11 is 1.71. The van der Waals surface area contributed by atoms with E-state index < -0.39 is 17.8 Å². The van der Waals surface area contributed by atoms with E-state index in [0.717, 1.165) is 90.5 Å². The summed E-state index contributed by atoms with van der Waals surface area (Å²) in [5, 5.41) is 12.9. The highest BCUT2D eigenvalue weighted by Gasteiger charge is 2.51. The zero-order valence-corrected chi connectivity index (χ0v) is 30.6. The summed E-state index contributed by atoms with van der Waals surface area (Å²) in [6.45, 7) is 13.5. The minimum absolute atomic E-state index is 0.234. The van der Waals surface area contributed by atoms with Gasteiger partial charge in [0.15, 0.2) is 0 Å². The summed E-state index contributed by atoms with van der Waals surface area (Å²) in [5.74, 6) is -0.234. The van der Waals surface area contributed by atoms with Gasteiger partial charge in [0.2, 0.25) is 0 Å². The number of aliphatic hydroxyl groups is 1. The molecule has 0 unspecified atom stereocenters. The van der Waals surface area contributed by atoms with Gasteiger partial charge in [0.25, 0.3) is 0 Å². The third kappa shape index (κ3) is 10.3. The Kier molecular flexibility index (Phi) is 15.8. The molecule has 0 spiro atoms. The van der Waals surface area contributed by atoms with Crippen molar-refractivity contribution in [3.05, 3.63) is 93.6 Å². The summed E-state index contributed by atoms with van der Waals surface area (Å²) < 4.78 is 39.6. The van der Waals surface area contributed by atoms with Crippen molar-refractivity contribution in [1.29, 1.82) is 0 Å². The van der Waals surface area contributed by atoms with Gasteiger partial charge in [0.05, 0.1) is 6.61 Å². The number of ether oxygens (including phenoxy) is 4. The first-order chi connectivity index (χ1) is 23.3. The van der Waals surface area contributed by atoms with Gasteiger partial charge in [-0.25, -0.2) is 4.39 Å². The van der Waals surface area contributed by atoms with Crippen molar-refractivity contribution in [3.63, 3.8) is 0 Å². The van der Waals surface area contributed by atoms with Crippen LogP contribution < -0.4 is 0 Å². The maximum atomic E-state index is 13.5. The van der Waals surface area contributed by atoms with Crippen LogP contribution >= 0.6 is 11.3 Å². The summed E-state index contributed by atoms with van der Waals surface area (Å²) in [5.41, 5.74) is 3.54. The van der Waals surface area contributed by atoms with Crippen LogP contribution in [-0.4, -0.2) is 56.5 Å². The lowest BCUT2D eigenvalue weighted by Crippen LogP contribution is -2.58. The Morgan fingerprint density at radius 2 is 1.42 bits per heavy atom. The smallest absolute Gasteiger partial charge is 0.137 e. The third-order valence-electron chi connectivity index (χ3n) is 9.08. The molecule has 0 fully saturated rings. The monoisotopic (exact) mass is 680 g/mol. The normalized spacial score (nSPS) is 21.1. The first-order valence-corrected chi connectivity index (χ1v) is 19.0. The van der Waals surface area contributed by atoms with Crippen LogP contribution in [0, 0.1) is 12.7 Å². The topological polar surface area (TPSA) is 57.2 Å². The fourth-order valence-electron chi connectivity index (χ4n) is 6.09. The van der Waals surface area contributed by atoms with Crippen molar-refractivity contribution in [2.45, 2.75) is 116 Å². The molecule has 264 valence electrons. The average Bonchev–Trinajstić information content (AvgIpc) is 3.55. The predicted octanol–water partition coefficient (Wildman–Crippen LogP) is 9.95. The molecule has 0 saturated carbocycles. The molecule has 4 atom stereocenters. The highest BCUT2D eigenvalue weighted by atomic mass is 32.1. The molecular weight excluding hydrogens is 624 g/mol. The molecule has 0 bridgehead atoms. The number of hydrogen-bond donors (Lipinski definition) is 1. The lowest BCUT2D eigenvalue weighted by molar-refractivity contribution is -0.195.